The summed E-state index contributed by atoms with van der Waals surface area (Å²) in [6.45, 7) is 10.4. The van der Waals surface area contributed by atoms with E-state index in [4.69, 9.17) is 0 Å². The Morgan fingerprint density at radius 3 is 2.59 bits per heavy atom. The van der Waals surface area contributed by atoms with Gasteiger partial charge in [-0.05, 0) is 38.0 Å². The van der Waals surface area contributed by atoms with Crippen molar-refractivity contribution in [2.45, 2.75) is 41.0 Å². The number of hydrogen-bond donors (Lipinski definition) is 1. The second-order valence-corrected chi connectivity index (χ2v) is 6.51. The van der Waals surface area contributed by atoms with Crippen LogP contribution < -0.4 is 5.32 Å². The molecule has 0 unspecified atom stereocenters. The predicted octanol–water partition coefficient (Wildman–Crippen LogP) is 2.59. The summed E-state index contributed by atoms with van der Waals surface area (Å²) < 4.78 is 1.86. The molecule has 0 aromatic carbocycles. The molecule has 22 heavy (non-hydrogen) atoms. The van der Waals surface area contributed by atoms with Gasteiger partial charge in [0.25, 0.3) is 0 Å². The number of carbonyl (C=O) groups excluding carboxylic acids is 1. The van der Waals surface area contributed by atoms with E-state index in [1.165, 1.54) is 5.56 Å². The molecule has 1 N–H and O–H groups in total. The Kier molecular flexibility index (Phi) is 4.64. The fraction of sp³-hybridized carbons (Fsp3) is 0.471. The Labute approximate surface area is 131 Å². The van der Waals surface area contributed by atoms with Crippen molar-refractivity contribution >= 4 is 5.91 Å². The van der Waals surface area contributed by atoms with Crippen LogP contribution in [0.2, 0.25) is 0 Å². The summed E-state index contributed by atoms with van der Waals surface area (Å²) in [5, 5.41) is 7.55. The van der Waals surface area contributed by atoms with Crippen molar-refractivity contribution in [2.24, 2.45) is 5.41 Å². The SMILES string of the molecule is Cc1nn(-c2ccccn2)c(C)c1CCNC(=O)C(C)(C)C. The molecule has 0 bridgehead atoms. The first-order valence-electron chi connectivity index (χ1n) is 7.55. The van der Waals surface area contributed by atoms with Gasteiger partial charge >= 0.3 is 0 Å². The highest BCUT2D eigenvalue weighted by atomic mass is 16.2. The van der Waals surface area contributed by atoms with Crippen LogP contribution in [0.3, 0.4) is 0 Å². The van der Waals surface area contributed by atoms with Gasteiger partial charge in [-0.1, -0.05) is 26.8 Å². The lowest BCUT2D eigenvalue weighted by atomic mass is 9.95. The molecule has 0 saturated heterocycles. The molecule has 0 fully saturated rings. The van der Waals surface area contributed by atoms with Gasteiger partial charge in [-0.3, -0.25) is 4.79 Å². The van der Waals surface area contributed by atoms with Gasteiger partial charge in [0.15, 0.2) is 5.82 Å². The van der Waals surface area contributed by atoms with Crippen molar-refractivity contribution < 1.29 is 4.79 Å². The third kappa shape index (κ3) is 3.53. The van der Waals surface area contributed by atoms with Crippen molar-refractivity contribution in [2.75, 3.05) is 6.54 Å². The molecule has 5 nitrogen and oxygen atoms in total. The number of amides is 1. The fourth-order valence-corrected chi connectivity index (χ4v) is 2.31. The van der Waals surface area contributed by atoms with Crippen LogP contribution in [0, 0.1) is 19.3 Å². The summed E-state index contributed by atoms with van der Waals surface area (Å²) in [5.41, 5.74) is 2.86. The monoisotopic (exact) mass is 300 g/mol. The molecule has 2 aromatic rings. The van der Waals surface area contributed by atoms with Crippen molar-refractivity contribution in [1.82, 2.24) is 20.1 Å². The van der Waals surface area contributed by atoms with Crippen LogP contribution in [0.5, 0.6) is 0 Å². The van der Waals surface area contributed by atoms with Crippen LogP contribution in [-0.4, -0.2) is 27.2 Å². The molecule has 0 radical (unpaired) electrons. The molecular formula is C17H24N4O. The molecule has 0 aliphatic carbocycles. The van der Waals surface area contributed by atoms with Gasteiger partial charge in [-0.2, -0.15) is 5.10 Å². The van der Waals surface area contributed by atoms with Crippen LogP contribution in [0.4, 0.5) is 0 Å². The minimum atomic E-state index is -0.359. The lowest BCUT2D eigenvalue weighted by molar-refractivity contribution is -0.128. The van der Waals surface area contributed by atoms with E-state index in [0.717, 1.165) is 23.6 Å². The van der Waals surface area contributed by atoms with E-state index in [2.05, 4.69) is 15.4 Å². The lowest BCUT2D eigenvalue weighted by Gasteiger charge is -2.17. The highest BCUT2D eigenvalue weighted by Crippen LogP contribution is 2.17. The molecule has 0 atom stereocenters. The molecule has 0 saturated carbocycles. The van der Waals surface area contributed by atoms with Gasteiger partial charge in [0, 0.05) is 23.9 Å². The summed E-state index contributed by atoms with van der Waals surface area (Å²) in [6.07, 6.45) is 2.53. The van der Waals surface area contributed by atoms with Gasteiger partial charge < -0.3 is 5.32 Å². The van der Waals surface area contributed by atoms with E-state index in [1.54, 1.807) is 6.20 Å². The topological polar surface area (TPSA) is 59.8 Å². The first kappa shape index (κ1) is 16.2. The largest absolute Gasteiger partial charge is 0.355 e. The first-order chi connectivity index (χ1) is 10.3. The third-order valence-corrected chi connectivity index (χ3v) is 3.65. The average molecular weight is 300 g/mol. The number of carbonyl (C=O) groups is 1. The van der Waals surface area contributed by atoms with Gasteiger partial charge in [0.05, 0.1) is 5.69 Å². The second kappa shape index (κ2) is 6.30. The Balaban J connectivity index is 2.10. The van der Waals surface area contributed by atoms with Crippen molar-refractivity contribution in [1.29, 1.82) is 0 Å². The van der Waals surface area contributed by atoms with Crippen LogP contribution in [0.1, 0.15) is 37.7 Å². The quantitative estimate of drug-likeness (QED) is 0.944. The summed E-state index contributed by atoms with van der Waals surface area (Å²) in [5.74, 6) is 0.882. The Morgan fingerprint density at radius 1 is 1.27 bits per heavy atom. The van der Waals surface area contributed by atoms with Gasteiger partial charge in [0.1, 0.15) is 0 Å². The molecule has 0 aliphatic heterocycles. The predicted molar refractivity (Wildman–Crippen MR) is 87.0 cm³/mol. The van der Waals surface area contributed by atoms with Crippen molar-refractivity contribution in [3.05, 3.63) is 41.3 Å². The number of hydrogen-bond acceptors (Lipinski definition) is 3. The maximum Gasteiger partial charge on any atom is 0.225 e. The maximum absolute atomic E-state index is 11.9. The van der Waals surface area contributed by atoms with E-state index in [0.29, 0.717) is 6.54 Å². The van der Waals surface area contributed by atoms with E-state index in [9.17, 15) is 4.79 Å². The van der Waals surface area contributed by atoms with E-state index in [1.807, 2.05) is 57.5 Å². The molecule has 2 rings (SSSR count). The number of pyridine rings is 1. The van der Waals surface area contributed by atoms with Crippen LogP contribution in [-0.2, 0) is 11.2 Å². The highest BCUT2D eigenvalue weighted by Gasteiger charge is 2.21. The van der Waals surface area contributed by atoms with Crippen LogP contribution in [0.25, 0.3) is 5.82 Å². The molecule has 0 spiro atoms. The molecule has 2 heterocycles. The number of aromatic nitrogens is 3. The zero-order valence-corrected chi connectivity index (χ0v) is 14.0. The standard InChI is InChI=1S/C17H24N4O/c1-12-14(9-11-19-16(22)17(3,4)5)13(2)21(20-12)15-8-6-7-10-18-15/h6-8,10H,9,11H2,1-5H3,(H,19,22). The Bertz CT molecular complexity index is 653. The molecule has 0 aliphatic rings. The highest BCUT2D eigenvalue weighted by molar-refractivity contribution is 5.81. The van der Waals surface area contributed by atoms with Gasteiger partial charge in [0.2, 0.25) is 5.91 Å². The number of aryl methyl sites for hydroxylation is 1. The summed E-state index contributed by atoms with van der Waals surface area (Å²) in [4.78, 5) is 16.2. The van der Waals surface area contributed by atoms with Crippen molar-refractivity contribution in [3.8, 4) is 5.82 Å². The zero-order chi connectivity index (χ0) is 16.3. The van der Waals surface area contributed by atoms with Crippen LogP contribution >= 0.6 is 0 Å². The molecule has 5 heteroatoms. The minimum Gasteiger partial charge on any atom is -0.355 e. The normalized spacial score (nSPS) is 11.5. The Hall–Kier alpha value is -2.17. The second-order valence-electron chi connectivity index (χ2n) is 6.51. The zero-order valence-electron chi connectivity index (χ0n) is 14.0. The fourth-order valence-electron chi connectivity index (χ4n) is 2.31. The first-order valence-corrected chi connectivity index (χ1v) is 7.55. The molecule has 2 aromatic heterocycles. The number of nitrogens with one attached hydrogen (secondary N) is 1. The van der Waals surface area contributed by atoms with Gasteiger partial charge in [-0.25, -0.2) is 9.67 Å². The summed E-state index contributed by atoms with van der Waals surface area (Å²) >= 11 is 0. The van der Waals surface area contributed by atoms with E-state index < -0.39 is 0 Å². The third-order valence-electron chi connectivity index (χ3n) is 3.65. The molecular weight excluding hydrogens is 276 g/mol. The number of rotatable bonds is 4. The van der Waals surface area contributed by atoms with E-state index in [-0.39, 0.29) is 11.3 Å². The van der Waals surface area contributed by atoms with E-state index >= 15 is 0 Å². The summed E-state index contributed by atoms with van der Waals surface area (Å²) in [6, 6.07) is 5.77. The lowest BCUT2D eigenvalue weighted by Crippen LogP contribution is -2.36. The molecule has 1 amide bonds. The molecule has 118 valence electrons. The van der Waals surface area contributed by atoms with Gasteiger partial charge in [-0.15, -0.1) is 0 Å². The van der Waals surface area contributed by atoms with Crippen molar-refractivity contribution in [3.63, 3.8) is 0 Å². The maximum atomic E-state index is 11.9. The summed E-state index contributed by atoms with van der Waals surface area (Å²) in [7, 11) is 0. The smallest absolute Gasteiger partial charge is 0.225 e. The Morgan fingerprint density at radius 2 is 2.00 bits per heavy atom. The van der Waals surface area contributed by atoms with Crippen LogP contribution in [0.15, 0.2) is 24.4 Å². The average Bonchev–Trinajstić information content (AvgIpc) is 2.75. The number of nitrogens with zero attached hydrogens (tertiary/aromatic N) is 3. The minimum absolute atomic E-state index is 0.0694.